The van der Waals surface area contributed by atoms with E-state index in [1.54, 1.807) is 6.07 Å². The third-order valence-electron chi connectivity index (χ3n) is 2.92. The van der Waals surface area contributed by atoms with Crippen LogP contribution in [0.2, 0.25) is 0 Å². The Morgan fingerprint density at radius 2 is 1.90 bits per heavy atom. The molecule has 0 bridgehead atoms. The molecule has 1 aliphatic heterocycles. The monoisotopic (exact) mass is 330 g/mol. The lowest BCUT2D eigenvalue weighted by Crippen LogP contribution is -2.39. The van der Waals surface area contributed by atoms with Crippen molar-refractivity contribution in [1.29, 1.82) is 0 Å². The number of fused-ring (bicyclic) bond motifs is 1. The first-order chi connectivity index (χ1) is 9.65. The third kappa shape index (κ3) is 2.28. The van der Waals surface area contributed by atoms with Gasteiger partial charge in [-0.1, -0.05) is 40.7 Å². The zero-order valence-corrected chi connectivity index (χ0v) is 12.1. The Kier molecular flexibility index (Phi) is 3.20. The van der Waals surface area contributed by atoms with E-state index >= 15 is 0 Å². The smallest absolute Gasteiger partial charge is 0.408 e. The molecule has 100 valence electrons. The lowest BCUT2D eigenvalue weighted by atomic mass is 10.1. The van der Waals surface area contributed by atoms with Crippen molar-refractivity contribution in [1.82, 2.24) is 5.01 Å². The standard InChI is InChI=1S/C15H11BrN2O2/c1-10-13-9-11(16)7-8-14(13)20-15(19)18(10)17-12-5-3-2-4-6-12/h2-9,17H,1H2. The van der Waals surface area contributed by atoms with E-state index in [0.717, 1.165) is 15.7 Å². The molecule has 0 aromatic heterocycles. The summed E-state index contributed by atoms with van der Waals surface area (Å²) in [5.41, 5.74) is 5.08. The van der Waals surface area contributed by atoms with Crippen molar-refractivity contribution in [2.24, 2.45) is 0 Å². The summed E-state index contributed by atoms with van der Waals surface area (Å²) in [4.78, 5) is 12.0. The SMILES string of the molecule is C=C1c2cc(Br)ccc2OC(=O)N1Nc1ccccc1. The van der Waals surface area contributed by atoms with Crippen molar-refractivity contribution in [2.45, 2.75) is 0 Å². The highest BCUT2D eigenvalue weighted by atomic mass is 79.9. The van der Waals surface area contributed by atoms with Gasteiger partial charge in [0.1, 0.15) is 5.75 Å². The van der Waals surface area contributed by atoms with Crippen molar-refractivity contribution >= 4 is 33.4 Å². The normalized spacial score (nSPS) is 13.8. The van der Waals surface area contributed by atoms with Crippen molar-refractivity contribution < 1.29 is 9.53 Å². The number of hydrazine groups is 1. The van der Waals surface area contributed by atoms with Gasteiger partial charge in [-0.05, 0) is 30.3 Å². The summed E-state index contributed by atoms with van der Waals surface area (Å²) in [6, 6.07) is 14.8. The van der Waals surface area contributed by atoms with Crippen molar-refractivity contribution in [3.63, 3.8) is 0 Å². The summed E-state index contributed by atoms with van der Waals surface area (Å²) in [7, 11) is 0. The lowest BCUT2D eigenvalue weighted by Gasteiger charge is -2.30. The average Bonchev–Trinajstić information content (AvgIpc) is 2.46. The van der Waals surface area contributed by atoms with Gasteiger partial charge in [0, 0.05) is 10.0 Å². The molecule has 4 nitrogen and oxygen atoms in total. The Balaban J connectivity index is 1.94. The summed E-state index contributed by atoms with van der Waals surface area (Å²) >= 11 is 3.40. The molecule has 0 saturated carbocycles. The Morgan fingerprint density at radius 1 is 1.15 bits per heavy atom. The number of para-hydroxylation sites is 1. The van der Waals surface area contributed by atoms with E-state index in [-0.39, 0.29) is 0 Å². The van der Waals surface area contributed by atoms with E-state index in [1.807, 2.05) is 42.5 Å². The maximum atomic E-state index is 12.0. The first-order valence-electron chi connectivity index (χ1n) is 5.97. The molecule has 1 amide bonds. The van der Waals surface area contributed by atoms with Gasteiger partial charge in [0.15, 0.2) is 0 Å². The van der Waals surface area contributed by atoms with Gasteiger partial charge in [-0.25, -0.2) is 4.79 Å². The van der Waals surface area contributed by atoms with Crippen LogP contribution in [-0.4, -0.2) is 11.1 Å². The van der Waals surface area contributed by atoms with Crippen LogP contribution in [0.15, 0.2) is 59.6 Å². The number of nitrogens with zero attached hydrogens (tertiary/aromatic N) is 1. The highest BCUT2D eigenvalue weighted by Crippen LogP contribution is 2.35. The number of rotatable bonds is 2. The molecule has 2 aromatic carbocycles. The number of halogens is 1. The van der Waals surface area contributed by atoms with E-state index in [0.29, 0.717) is 11.4 Å². The van der Waals surface area contributed by atoms with Gasteiger partial charge < -0.3 is 4.74 Å². The van der Waals surface area contributed by atoms with Crippen LogP contribution >= 0.6 is 15.9 Å². The average molecular weight is 331 g/mol. The second-order valence-electron chi connectivity index (χ2n) is 4.27. The number of ether oxygens (including phenoxy) is 1. The molecule has 0 atom stereocenters. The molecular weight excluding hydrogens is 320 g/mol. The van der Waals surface area contributed by atoms with Crippen molar-refractivity contribution in [2.75, 3.05) is 5.43 Å². The van der Waals surface area contributed by atoms with E-state index in [2.05, 4.69) is 27.9 Å². The van der Waals surface area contributed by atoms with Gasteiger partial charge in [0.25, 0.3) is 0 Å². The number of carbonyl (C=O) groups is 1. The Bertz CT molecular complexity index is 686. The van der Waals surface area contributed by atoms with Gasteiger partial charge in [-0.2, -0.15) is 5.01 Å². The van der Waals surface area contributed by atoms with E-state index in [9.17, 15) is 4.79 Å². The number of benzene rings is 2. The minimum atomic E-state index is -0.506. The molecular formula is C15H11BrN2O2. The third-order valence-corrected chi connectivity index (χ3v) is 3.41. The highest BCUT2D eigenvalue weighted by molar-refractivity contribution is 9.10. The fraction of sp³-hybridized carbons (Fsp3) is 0. The van der Waals surface area contributed by atoms with Crippen LogP contribution in [0, 0.1) is 0 Å². The predicted molar refractivity (Wildman–Crippen MR) is 81.1 cm³/mol. The molecule has 3 rings (SSSR count). The highest BCUT2D eigenvalue weighted by Gasteiger charge is 2.29. The summed E-state index contributed by atoms with van der Waals surface area (Å²) < 4.78 is 6.18. The van der Waals surface area contributed by atoms with Crippen LogP contribution in [0.3, 0.4) is 0 Å². The van der Waals surface area contributed by atoms with Crippen molar-refractivity contribution in [3.8, 4) is 5.75 Å². The van der Waals surface area contributed by atoms with Gasteiger partial charge in [-0.3, -0.25) is 5.43 Å². The fourth-order valence-corrected chi connectivity index (χ4v) is 2.30. The number of amides is 1. The number of hydrogen-bond acceptors (Lipinski definition) is 3. The number of hydrogen-bond donors (Lipinski definition) is 1. The summed E-state index contributed by atoms with van der Waals surface area (Å²) in [6.45, 7) is 3.97. The first-order valence-corrected chi connectivity index (χ1v) is 6.77. The minimum Gasteiger partial charge on any atom is -0.408 e. The molecule has 0 unspecified atom stereocenters. The summed E-state index contributed by atoms with van der Waals surface area (Å²) in [5.74, 6) is 0.509. The quantitative estimate of drug-likeness (QED) is 0.894. The molecule has 0 fully saturated rings. The zero-order valence-electron chi connectivity index (χ0n) is 10.5. The molecule has 0 radical (unpaired) electrons. The van der Waals surface area contributed by atoms with Crippen LogP contribution < -0.4 is 10.2 Å². The maximum absolute atomic E-state index is 12.0. The molecule has 5 heteroatoms. The molecule has 0 saturated heterocycles. The molecule has 1 N–H and O–H groups in total. The maximum Gasteiger partial charge on any atom is 0.438 e. The second kappa shape index (κ2) is 5.02. The number of anilines is 1. The molecule has 20 heavy (non-hydrogen) atoms. The molecule has 0 spiro atoms. The van der Waals surface area contributed by atoms with Crippen LogP contribution in [0.1, 0.15) is 5.56 Å². The van der Waals surface area contributed by atoms with Gasteiger partial charge in [-0.15, -0.1) is 0 Å². The first kappa shape index (κ1) is 12.7. The minimum absolute atomic E-state index is 0.506. The summed E-state index contributed by atoms with van der Waals surface area (Å²) in [5, 5.41) is 1.30. The van der Waals surface area contributed by atoms with Gasteiger partial charge >= 0.3 is 6.09 Å². The van der Waals surface area contributed by atoms with Crippen molar-refractivity contribution in [3.05, 3.63) is 65.1 Å². The van der Waals surface area contributed by atoms with Crippen LogP contribution in [0.5, 0.6) is 5.75 Å². The Labute approximate surface area is 124 Å². The second-order valence-corrected chi connectivity index (χ2v) is 5.18. The fourth-order valence-electron chi connectivity index (χ4n) is 1.94. The Hall–Kier alpha value is -2.27. The Morgan fingerprint density at radius 3 is 2.65 bits per heavy atom. The molecule has 2 aromatic rings. The lowest BCUT2D eigenvalue weighted by molar-refractivity contribution is 0.175. The van der Waals surface area contributed by atoms with Crippen LogP contribution in [0.25, 0.3) is 5.70 Å². The van der Waals surface area contributed by atoms with Crippen LogP contribution in [0.4, 0.5) is 10.5 Å². The van der Waals surface area contributed by atoms with Crippen LogP contribution in [-0.2, 0) is 0 Å². The topological polar surface area (TPSA) is 41.6 Å². The van der Waals surface area contributed by atoms with E-state index in [4.69, 9.17) is 4.74 Å². The van der Waals surface area contributed by atoms with Gasteiger partial charge in [0.05, 0.1) is 11.4 Å². The summed E-state index contributed by atoms with van der Waals surface area (Å²) in [6.07, 6.45) is -0.506. The molecule has 0 aliphatic carbocycles. The molecule has 1 heterocycles. The van der Waals surface area contributed by atoms with E-state index in [1.165, 1.54) is 5.01 Å². The number of carbonyl (C=O) groups excluding carboxylic acids is 1. The largest absolute Gasteiger partial charge is 0.438 e. The zero-order chi connectivity index (χ0) is 14.1. The van der Waals surface area contributed by atoms with Gasteiger partial charge in [0.2, 0.25) is 0 Å². The number of nitrogens with one attached hydrogen (secondary N) is 1. The van der Waals surface area contributed by atoms with E-state index < -0.39 is 6.09 Å². The predicted octanol–water partition coefficient (Wildman–Crippen LogP) is 4.26. The molecule has 1 aliphatic rings.